The van der Waals surface area contributed by atoms with Crippen molar-refractivity contribution in [1.82, 2.24) is 9.38 Å². The van der Waals surface area contributed by atoms with Gasteiger partial charge in [0, 0.05) is 25.3 Å². The minimum absolute atomic E-state index is 0.152. The van der Waals surface area contributed by atoms with Crippen LogP contribution in [0.25, 0.3) is 5.52 Å². The number of hydrogen-bond acceptors (Lipinski definition) is 3. The van der Waals surface area contributed by atoms with Crippen LogP contribution in [0, 0.1) is 6.92 Å². The molecule has 0 saturated carbocycles. The average molecular weight is 260 g/mol. The van der Waals surface area contributed by atoms with Crippen LogP contribution in [0.4, 0.5) is 0 Å². The van der Waals surface area contributed by atoms with Crippen molar-refractivity contribution in [2.75, 3.05) is 13.2 Å². The maximum Gasteiger partial charge on any atom is 0.356 e. The summed E-state index contributed by atoms with van der Waals surface area (Å²) in [5.41, 5.74) is 1.79. The molecule has 5 heteroatoms. The lowest BCUT2D eigenvalue weighted by atomic mass is 9.99. The molecule has 2 aromatic rings. The van der Waals surface area contributed by atoms with Gasteiger partial charge in [-0.05, 0) is 31.4 Å². The third-order valence-corrected chi connectivity index (χ3v) is 3.68. The van der Waals surface area contributed by atoms with Crippen molar-refractivity contribution in [2.45, 2.75) is 25.7 Å². The lowest BCUT2D eigenvalue weighted by Gasteiger charge is -2.20. The molecule has 0 amide bonds. The topological polar surface area (TPSA) is 63.8 Å². The molecular formula is C14H16N2O3. The number of carbonyl (C=O) groups is 1. The van der Waals surface area contributed by atoms with Crippen LogP contribution >= 0.6 is 0 Å². The quantitative estimate of drug-likeness (QED) is 0.899. The van der Waals surface area contributed by atoms with Crippen molar-refractivity contribution in [3.63, 3.8) is 0 Å². The molecular weight excluding hydrogens is 244 g/mol. The van der Waals surface area contributed by atoms with E-state index in [1.165, 1.54) is 0 Å². The number of aromatic carboxylic acids is 1. The van der Waals surface area contributed by atoms with E-state index in [4.69, 9.17) is 4.74 Å². The van der Waals surface area contributed by atoms with Crippen molar-refractivity contribution in [2.24, 2.45) is 0 Å². The molecule has 0 aliphatic carbocycles. The van der Waals surface area contributed by atoms with E-state index in [1.807, 2.05) is 29.7 Å². The van der Waals surface area contributed by atoms with E-state index in [0.29, 0.717) is 18.7 Å². The molecule has 5 nitrogen and oxygen atoms in total. The third-order valence-electron chi connectivity index (χ3n) is 3.68. The van der Waals surface area contributed by atoms with Crippen LogP contribution in [-0.2, 0) is 4.74 Å². The van der Waals surface area contributed by atoms with Crippen LogP contribution in [0.5, 0.6) is 0 Å². The van der Waals surface area contributed by atoms with Gasteiger partial charge in [0.2, 0.25) is 0 Å². The van der Waals surface area contributed by atoms with Gasteiger partial charge in [0.1, 0.15) is 5.82 Å². The fourth-order valence-electron chi connectivity index (χ4n) is 2.72. The van der Waals surface area contributed by atoms with Crippen molar-refractivity contribution in [3.8, 4) is 0 Å². The van der Waals surface area contributed by atoms with Crippen molar-refractivity contribution < 1.29 is 14.6 Å². The van der Waals surface area contributed by atoms with Crippen LogP contribution in [0.1, 0.15) is 40.6 Å². The summed E-state index contributed by atoms with van der Waals surface area (Å²) in [7, 11) is 0. The Labute approximate surface area is 110 Å². The Kier molecular flexibility index (Phi) is 2.98. The Morgan fingerprint density at radius 1 is 1.47 bits per heavy atom. The maximum absolute atomic E-state index is 11.4. The summed E-state index contributed by atoms with van der Waals surface area (Å²) in [6, 6.07) is 3.84. The molecule has 100 valence electrons. The lowest BCUT2D eigenvalue weighted by molar-refractivity contribution is 0.0692. The van der Waals surface area contributed by atoms with E-state index in [0.717, 1.165) is 24.2 Å². The standard InChI is InChI=1S/C14H16N2O3/c1-9-3-2-6-16-12(9)11(14(17)18)15-13(16)10-4-7-19-8-5-10/h2-3,6,10H,4-5,7-8H2,1H3,(H,17,18). The van der Waals surface area contributed by atoms with Gasteiger partial charge in [-0.2, -0.15) is 0 Å². The summed E-state index contributed by atoms with van der Waals surface area (Å²) in [5, 5.41) is 9.32. The van der Waals surface area contributed by atoms with Crippen LogP contribution in [0.15, 0.2) is 18.3 Å². The van der Waals surface area contributed by atoms with Crippen LogP contribution in [0.2, 0.25) is 0 Å². The molecule has 0 atom stereocenters. The number of aryl methyl sites for hydroxylation is 1. The van der Waals surface area contributed by atoms with E-state index in [2.05, 4.69) is 4.98 Å². The summed E-state index contributed by atoms with van der Waals surface area (Å²) >= 11 is 0. The van der Waals surface area contributed by atoms with Crippen LogP contribution in [0.3, 0.4) is 0 Å². The highest BCUT2D eigenvalue weighted by molar-refractivity contribution is 5.94. The Balaban J connectivity index is 2.19. The predicted molar refractivity (Wildman–Crippen MR) is 69.7 cm³/mol. The van der Waals surface area contributed by atoms with Crippen molar-refractivity contribution in [3.05, 3.63) is 35.4 Å². The van der Waals surface area contributed by atoms with Crippen LogP contribution in [-0.4, -0.2) is 33.7 Å². The number of imidazole rings is 1. The zero-order chi connectivity index (χ0) is 13.4. The summed E-state index contributed by atoms with van der Waals surface area (Å²) in [6.07, 6.45) is 3.69. The first kappa shape index (κ1) is 12.2. The summed E-state index contributed by atoms with van der Waals surface area (Å²) in [4.78, 5) is 15.7. The van der Waals surface area contributed by atoms with Gasteiger partial charge in [0.15, 0.2) is 5.69 Å². The summed E-state index contributed by atoms with van der Waals surface area (Å²) < 4.78 is 7.28. The van der Waals surface area contributed by atoms with Gasteiger partial charge < -0.3 is 14.2 Å². The Bertz CT molecular complexity index is 627. The number of aromatic nitrogens is 2. The molecule has 1 aliphatic rings. The number of carboxylic acid groups (broad SMARTS) is 1. The minimum Gasteiger partial charge on any atom is -0.476 e. The molecule has 3 rings (SSSR count). The molecule has 0 aromatic carbocycles. The van der Waals surface area contributed by atoms with Gasteiger partial charge in [0.25, 0.3) is 0 Å². The SMILES string of the molecule is Cc1cccn2c(C3CCOCC3)nc(C(=O)O)c12. The second-order valence-electron chi connectivity index (χ2n) is 4.92. The minimum atomic E-state index is -0.967. The number of pyridine rings is 1. The first-order valence-corrected chi connectivity index (χ1v) is 6.47. The summed E-state index contributed by atoms with van der Waals surface area (Å²) in [5.74, 6) is 0.153. The highest BCUT2D eigenvalue weighted by atomic mass is 16.5. The molecule has 1 fully saturated rings. The molecule has 0 unspecified atom stereocenters. The highest BCUT2D eigenvalue weighted by Gasteiger charge is 2.25. The zero-order valence-corrected chi connectivity index (χ0v) is 10.8. The first-order valence-electron chi connectivity index (χ1n) is 6.47. The number of rotatable bonds is 2. The van der Waals surface area contributed by atoms with Gasteiger partial charge in [-0.3, -0.25) is 0 Å². The second kappa shape index (κ2) is 4.66. The number of hydrogen-bond donors (Lipinski definition) is 1. The summed E-state index contributed by atoms with van der Waals surface area (Å²) in [6.45, 7) is 3.35. The number of fused-ring (bicyclic) bond motifs is 1. The molecule has 3 heterocycles. The van der Waals surface area contributed by atoms with E-state index in [1.54, 1.807) is 0 Å². The van der Waals surface area contributed by atoms with Gasteiger partial charge in [-0.25, -0.2) is 9.78 Å². The number of nitrogens with zero attached hydrogens (tertiary/aromatic N) is 2. The smallest absolute Gasteiger partial charge is 0.356 e. The molecule has 1 N–H and O–H groups in total. The van der Waals surface area contributed by atoms with Gasteiger partial charge in [-0.15, -0.1) is 0 Å². The fourth-order valence-corrected chi connectivity index (χ4v) is 2.72. The number of ether oxygens (including phenoxy) is 1. The molecule has 1 aliphatic heterocycles. The third kappa shape index (κ3) is 2.00. The normalized spacial score (nSPS) is 16.9. The largest absolute Gasteiger partial charge is 0.476 e. The Morgan fingerprint density at radius 2 is 2.21 bits per heavy atom. The molecule has 0 radical (unpaired) electrons. The zero-order valence-electron chi connectivity index (χ0n) is 10.8. The van der Waals surface area contributed by atoms with Crippen molar-refractivity contribution >= 4 is 11.5 Å². The van der Waals surface area contributed by atoms with Gasteiger partial charge in [-0.1, -0.05) is 6.07 Å². The molecule has 1 saturated heterocycles. The van der Waals surface area contributed by atoms with Gasteiger partial charge >= 0.3 is 5.97 Å². The molecule has 0 bridgehead atoms. The Morgan fingerprint density at radius 3 is 2.89 bits per heavy atom. The average Bonchev–Trinajstić information content (AvgIpc) is 2.81. The van der Waals surface area contributed by atoms with Crippen LogP contribution < -0.4 is 0 Å². The molecule has 19 heavy (non-hydrogen) atoms. The maximum atomic E-state index is 11.4. The van der Waals surface area contributed by atoms with E-state index in [-0.39, 0.29) is 11.6 Å². The molecule has 2 aromatic heterocycles. The predicted octanol–water partition coefficient (Wildman–Crippen LogP) is 2.23. The van der Waals surface area contributed by atoms with Crippen molar-refractivity contribution in [1.29, 1.82) is 0 Å². The first-order chi connectivity index (χ1) is 9.18. The van der Waals surface area contributed by atoms with Gasteiger partial charge in [0.05, 0.1) is 5.52 Å². The fraction of sp³-hybridized carbons (Fsp3) is 0.429. The van der Waals surface area contributed by atoms with E-state index < -0.39 is 5.97 Å². The monoisotopic (exact) mass is 260 g/mol. The second-order valence-corrected chi connectivity index (χ2v) is 4.92. The van der Waals surface area contributed by atoms with E-state index in [9.17, 15) is 9.90 Å². The number of carboxylic acids is 1. The highest BCUT2D eigenvalue weighted by Crippen LogP contribution is 2.29. The molecule has 0 spiro atoms. The lowest BCUT2D eigenvalue weighted by Crippen LogP contribution is -2.16. The van der Waals surface area contributed by atoms with E-state index >= 15 is 0 Å². The Hall–Kier alpha value is -1.88.